The highest BCUT2D eigenvalue weighted by Gasteiger charge is 2.08. The molecule has 0 aliphatic rings. The molecule has 0 radical (unpaired) electrons. The van der Waals surface area contributed by atoms with Crippen molar-refractivity contribution in [2.75, 3.05) is 14.2 Å². The van der Waals surface area contributed by atoms with E-state index in [2.05, 4.69) is 0 Å². The van der Waals surface area contributed by atoms with Crippen molar-refractivity contribution in [1.29, 1.82) is 0 Å². The van der Waals surface area contributed by atoms with Crippen LogP contribution >= 0.6 is 0 Å². The lowest BCUT2D eigenvalue weighted by atomic mass is 10.1. The van der Waals surface area contributed by atoms with Crippen molar-refractivity contribution >= 4 is 0 Å². The topological polar surface area (TPSA) is 12.5 Å². The zero-order valence-electron chi connectivity index (χ0n) is 11.6. The Kier molecular flexibility index (Phi) is 4.69. The van der Waals surface area contributed by atoms with E-state index in [4.69, 9.17) is 4.74 Å². The Morgan fingerprint density at radius 3 is 2.55 bits per heavy atom. The van der Waals surface area contributed by atoms with Crippen molar-refractivity contribution in [2.45, 2.75) is 13.1 Å². The van der Waals surface area contributed by atoms with Crippen LogP contribution in [0.5, 0.6) is 5.75 Å². The summed E-state index contributed by atoms with van der Waals surface area (Å²) in [6.07, 6.45) is 0. The van der Waals surface area contributed by atoms with E-state index in [1.54, 1.807) is 7.11 Å². The minimum Gasteiger partial charge on any atom is -0.497 e. The molecule has 106 valence electrons. The van der Waals surface area contributed by atoms with Crippen molar-refractivity contribution < 1.29 is 13.5 Å². The van der Waals surface area contributed by atoms with Gasteiger partial charge < -0.3 is 4.74 Å². The lowest BCUT2D eigenvalue weighted by Crippen LogP contribution is -2.18. The van der Waals surface area contributed by atoms with Crippen LogP contribution in [0.25, 0.3) is 0 Å². The van der Waals surface area contributed by atoms with E-state index >= 15 is 0 Å². The fourth-order valence-electron chi connectivity index (χ4n) is 2.08. The van der Waals surface area contributed by atoms with Gasteiger partial charge in [0.25, 0.3) is 0 Å². The normalized spacial score (nSPS) is 10.8. The van der Waals surface area contributed by atoms with Gasteiger partial charge in [-0.05, 0) is 30.8 Å². The third-order valence-electron chi connectivity index (χ3n) is 3.04. The summed E-state index contributed by atoms with van der Waals surface area (Å²) in [5.74, 6) is -0.270. The molecule has 0 saturated carbocycles. The third-order valence-corrected chi connectivity index (χ3v) is 3.04. The van der Waals surface area contributed by atoms with Gasteiger partial charge in [0, 0.05) is 24.7 Å². The summed E-state index contributed by atoms with van der Waals surface area (Å²) >= 11 is 0. The first-order chi connectivity index (χ1) is 9.58. The summed E-state index contributed by atoms with van der Waals surface area (Å²) in [6, 6.07) is 11.4. The van der Waals surface area contributed by atoms with Gasteiger partial charge in [0.15, 0.2) is 0 Å². The number of benzene rings is 2. The summed E-state index contributed by atoms with van der Waals surface area (Å²) in [6.45, 7) is 1.08. The SMILES string of the molecule is COc1cccc(CN(C)Cc2ccc(F)cc2F)c1. The molecule has 2 aromatic rings. The highest BCUT2D eigenvalue weighted by atomic mass is 19.1. The van der Waals surface area contributed by atoms with Gasteiger partial charge in [-0.2, -0.15) is 0 Å². The van der Waals surface area contributed by atoms with E-state index < -0.39 is 11.6 Å². The summed E-state index contributed by atoms with van der Waals surface area (Å²) < 4.78 is 31.6. The zero-order chi connectivity index (χ0) is 14.5. The summed E-state index contributed by atoms with van der Waals surface area (Å²) in [4.78, 5) is 1.96. The predicted molar refractivity (Wildman–Crippen MR) is 74.5 cm³/mol. The first-order valence-electron chi connectivity index (χ1n) is 6.34. The lowest BCUT2D eigenvalue weighted by Gasteiger charge is -2.17. The van der Waals surface area contributed by atoms with Gasteiger partial charge >= 0.3 is 0 Å². The smallest absolute Gasteiger partial charge is 0.130 e. The average Bonchev–Trinajstić information content (AvgIpc) is 2.42. The van der Waals surface area contributed by atoms with Crippen LogP contribution in [0.2, 0.25) is 0 Å². The molecule has 0 heterocycles. The third kappa shape index (κ3) is 3.78. The van der Waals surface area contributed by atoms with Crippen LogP contribution in [-0.2, 0) is 13.1 Å². The van der Waals surface area contributed by atoms with E-state index in [0.717, 1.165) is 17.4 Å². The second kappa shape index (κ2) is 6.48. The Bertz CT molecular complexity index is 586. The van der Waals surface area contributed by atoms with Gasteiger partial charge in [-0.15, -0.1) is 0 Å². The number of methoxy groups -OCH3 is 1. The van der Waals surface area contributed by atoms with Gasteiger partial charge in [0.1, 0.15) is 17.4 Å². The van der Waals surface area contributed by atoms with Crippen molar-refractivity contribution in [3.8, 4) is 5.75 Å². The van der Waals surface area contributed by atoms with E-state index in [0.29, 0.717) is 18.7 Å². The first kappa shape index (κ1) is 14.5. The molecule has 0 N–H and O–H groups in total. The molecule has 0 aromatic heterocycles. The van der Waals surface area contributed by atoms with Crippen molar-refractivity contribution in [2.24, 2.45) is 0 Å². The molecule has 0 aliphatic heterocycles. The molecule has 0 fully saturated rings. The van der Waals surface area contributed by atoms with Crippen LogP contribution in [-0.4, -0.2) is 19.1 Å². The molecule has 20 heavy (non-hydrogen) atoms. The monoisotopic (exact) mass is 277 g/mol. The molecule has 2 rings (SSSR count). The van der Waals surface area contributed by atoms with Crippen LogP contribution < -0.4 is 4.74 Å². The van der Waals surface area contributed by atoms with Crippen molar-refractivity contribution in [1.82, 2.24) is 4.90 Å². The summed E-state index contributed by atoms with van der Waals surface area (Å²) in [7, 11) is 3.51. The molecule has 0 aliphatic carbocycles. The minimum absolute atomic E-state index is 0.420. The summed E-state index contributed by atoms with van der Waals surface area (Å²) in [5.41, 5.74) is 1.56. The molecule has 0 spiro atoms. The van der Waals surface area contributed by atoms with Gasteiger partial charge in [-0.3, -0.25) is 4.90 Å². The fraction of sp³-hybridized carbons (Fsp3) is 0.250. The fourth-order valence-corrected chi connectivity index (χ4v) is 2.08. The van der Waals surface area contributed by atoms with Gasteiger partial charge in [0.2, 0.25) is 0 Å². The van der Waals surface area contributed by atoms with Gasteiger partial charge in [-0.25, -0.2) is 8.78 Å². The number of nitrogens with zero attached hydrogens (tertiary/aromatic N) is 1. The second-order valence-corrected chi connectivity index (χ2v) is 4.76. The molecule has 2 aromatic carbocycles. The number of halogens is 2. The average molecular weight is 277 g/mol. The van der Waals surface area contributed by atoms with Crippen LogP contribution in [0.4, 0.5) is 8.78 Å². The molecule has 0 atom stereocenters. The maximum Gasteiger partial charge on any atom is 0.130 e. The molecular weight excluding hydrogens is 260 g/mol. The number of ether oxygens (including phenoxy) is 1. The van der Waals surface area contributed by atoms with Gasteiger partial charge in [0.05, 0.1) is 7.11 Å². The standard InChI is InChI=1S/C16H17F2NO/c1-19(10-12-4-3-5-15(8-12)20-2)11-13-6-7-14(17)9-16(13)18/h3-9H,10-11H2,1-2H3. The number of hydrogen-bond donors (Lipinski definition) is 0. The van der Waals surface area contributed by atoms with E-state index in [1.165, 1.54) is 12.1 Å². The Morgan fingerprint density at radius 2 is 1.85 bits per heavy atom. The molecule has 0 saturated heterocycles. The van der Waals surface area contributed by atoms with Crippen LogP contribution in [0.1, 0.15) is 11.1 Å². The summed E-state index contributed by atoms with van der Waals surface area (Å²) in [5, 5.41) is 0. The van der Waals surface area contributed by atoms with Crippen LogP contribution in [0.3, 0.4) is 0 Å². The minimum atomic E-state index is -0.554. The van der Waals surface area contributed by atoms with Crippen LogP contribution in [0, 0.1) is 11.6 Å². The maximum absolute atomic E-state index is 13.6. The zero-order valence-corrected chi connectivity index (χ0v) is 11.6. The van der Waals surface area contributed by atoms with E-state index in [9.17, 15) is 8.78 Å². The Labute approximate surface area is 117 Å². The molecular formula is C16H17F2NO. The first-order valence-corrected chi connectivity index (χ1v) is 6.34. The van der Waals surface area contributed by atoms with Crippen molar-refractivity contribution in [3.63, 3.8) is 0 Å². The molecule has 4 heteroatoms. The Balaban J connectivity index is 2.02. The van der Waals surface area contributed by atoms with Gasteiger partial charge in [-0.1, -0.05) is 18.2 Å². The predicted octanol–water partition coefficient (Wildman–Crippen LogP) is 3.61. The molecule has 0 bridgehead atoms. The molecule has 0 amide bonds. The Hall–Kier alpha value is -1.94. The molecule has 2 nitrogen and oxygen atoms in total. The Morgan fingerprint density at radius 1 is 1.05 bits per heavy atom. The second-order valence-electron chi connectivity index (χ2n) is 4.76. The van der Waals surface area contributed by atoms with E-state index in [-0.39, 0.29) is 0 Å². The quantitative estimate of drug-likeness (QED) is 0.828. The highest BCUT2D eigenvalue weighted by Crippen LogP contribution is 2.16. The van der Waals surface area contributed by atoms with E-state index in [1.807, 2.05) is 36.2 Å². The maximum atomic E-state index is 13.6. The number of rotatable bonds is 5. The lowest BCUT2D eigenvalue weighted by molar-refractivity contribution is 0.312. The largest absolute Gasteiger partial charge is 0.497 e. The number of hydrogen-bond acceptors (Lipinski definition) is 2. The van der Waals surface area contributed by atoms with Crippen LogP contribution in [0.15, 0.2) is 42.5 Å². The van der Waals surface area contributed by atoms with Crippen molar-refractivity contribution in [3.05, 3.63) is 65.2 Å². The highest BCUT2D eigenvalue weighted by molar-refractivity contribution is 5.28. The molecule has 0 unspecified atom stereocenters.